The van der Waals surface area contributed by atoms with Gasteiger partial charge in [-0.1, -0.05) is 13.5 Å². The maximum absolute atomic E-state index is 12.5. The summed E-state index contributed by atoms with van der Waals surface area (Å²) in [6, 6.07) is 0. The number of epoxide rings is 1. The third kappa shape index (κ3) is 2.96. The molecule has 0 aliphatic carbocycles. The van der Waals surface area contributed by atoms with Crippen molar-refractivity contribution in [3.63, 3.8) is 0 Å². The Morgan fingerprint density at radius 3 is 2.85 bits per heavy atom. The zero-order valence-corrected chi connectivity index (χ0v) is 15.2. The Bertz CT molecular complexity index is 755. The Kier molecular flexibility index (Phi) is 4.16. The smallest absolute Gasteiger partial charge is 0.338 e. The van der Waals surface area contributed by atoms with Crippen LogP contribution in [0.4, 0.5) is 0 Å². The molecule has 146 valence electrons. The van der Waals surface area contributed by atoms with Gasteiger partial charge in [-0.2, -0.15) is 0 Å². The predicted molar refractivity (Wildman–Crippen MR) is 89.1 cm³/mol. The predicted octanol–water partition coefficient (Wildman–Crippen LogP) is 0.427. The van der Waals surface area contributed by atoms with Crippen LogP contribution in [0.3, 0.4) is 0 Å². The number of aliphatic hydroxyl groups excluding tert-OH is 1. The zero-order chi connectivity index (χ0) is 19.5. The Balaban J connectivity index is 1.65. The van der Waals surface area contributed by atoms with E-state index in [4.69, 9.17) is 24.1 Å². The van der Waals surface area contributed by atoms with Gasteiger partial charge in [0.25, 0.3) is 0 Å². The number of carbonyl (C=O) groups is 3. The Hall–Kier alpha value is -2.19. The minimum atomic E-state index is -1.18. The molecular weight excluding hydrogens is 356 g/mol. The van der Waals surface area contributed by atoms with Crippen molar-refractivity contribution in [2.24, 2.45) is 11.8 Å². The summed E-state index contributed by atoms with van der Waals surface area (Å²) < 4.78 is 22.1. The summed E-state index contributed by atoms with van der Waals surface area (Å²) in [7, 11) is 0. The van der Waals surface area contributed by atoms with Crippen LogP contribution in [0.15, 0.2) is 24.0 Å². The fourth-order valence-corrected chi connectivity index (χ4v) is 4.11. The van der Waals surface area contributed by atoms with Gasteiger partial charge in [0.1, 0.15) is 24.1 Å². The number of allylic oxidation sites excluding steroid dienone is 1. The fourth-order valence-electron chi connectivity index (χ4n) is 4.11. The average Bonchev–Trinajstić information content (AvgIpc) is 3.26. The minimum Gasteiger partial charge on any atom is -0.483 e. The first kappa shape index (κ1) is 18.2. The van der Waals surface area contributed by atoms with Crippen LogP contribution in [0.2, 0.25) is 0 Å². The lowest BCUT2D eigenvalue weighted by Gasteiger charge is -2.31. The number of ether oxygens (including phenoxy) is 4. The van der Waals surface area contributed by atoms with Crippen molar-refractivity contribution < 1.29 is 38.4 Å². The van der Waals surface area contributed by atoms with Gasteiger partial charge in [-0.3, -0.25) is 4.79 Å². The first-order chi connectivity index (χ1) is 12.7. The molecule has 0 radical (unpaired) electrons. The third-order valence-electron chi connectivity index (χ3n) is 5.79. The number of hydrogen-bond acceptors (Lipinski definition) is 8. The lowest BCUT2D eigenvalue weighted by atomic mass is 9.80. The molecule has 0 spiro atoms. The molecule has 4 aliphatic rings. The second kappa shape index (κ2) is 6.17. The molecule has 27 heavy (non-hydrogen) atoms. The maximum atomic E-state index is 12.5. The molecule has 0 aromatic heterocycles. The molecule has 0 aromatic carbocycles. The standard InChI is InChI=1S/C19H22O8/c1-8-4-11-15(9(2)17(22)25-11)12(26-18(23)16-13(7-20)24-16)6-19(3)14(21)5-10(8)27-19/h5,8,11-13,15-16,20H,2,4,6-7H2,1,3H3/t8-,11+,12-,13+,15-,16-,19+/m0/s1. The first-order valence-electron chi connectivity index (χ1n) is 9.05. The molecule has 2 bridgehead atoms. The highest BCUT2D eigenvalue weighted by Crippen LogP contribution is 2.44. The quantitative estimate of drug-likeness (QED) is 0.427. The monoisotopic (exact) mass is 378 g/mol. The van der Waals surface area contributed by atoms with Crippen molar-refractivity contribution in [3.8, 4) is 0 Å². The minimum absolute atomic E-state index is 0.0671. The highest BCUT2D eigenvalue weighted by molar-refractivity contribution is 5.99. The molecular formula is C19H22O8. The largest absolute Gasteiger partial charge is 0.483 e. The normalized spacial score (nSPS) is 42.9. The fraction of sp³-hybridized carbons (Fsp3) is 0.632. The second-order valence-electron chi connectivity index (χ2n) is 7.83. The van der Waals surface area contributed by atoms with Gasteiger partial charge < -0.3 is 24.1 Å². The van der Waals surface area contributed by atoms with Gasteiger partial charge in [0.15, 0.2) is 11.7 Å². The van der Waals surface area contributed by atoms with E-state index in [1.807, 2.05) is 6.92 Å². The molecule has 4 aliphatic heterocycles. The van der Waals surface area contributed by atoms with Crippen molar-refractivity contribution in [2.75, 3.05) is 6.61 Å². The van der Waals surface area contributed by atoms with Crippen LogP contribution >= 0.6 is 0 Å². The molecule has 3 saturated heterocycles. The Morgan fingerprint density at radius 2 is 2.19 bits per heavy atom. The van der Waals surface area contributed by atoms with Gasteiger partial charge in [0.2, 0.25) is 5.78 Å². The van der Waals surface area contributed by atoms with Crippen molar-refractivity contribution >= 4 is 17.7 Å². The molecule has 0 unspecified atom stereocenters. The molecule has 0 amide bonds. The van der Waals surface area contributed by atoms with Gasteiger partial charge in [0.05, 0.1) is 12.5 Å². The molecule has 4 heterocycles. The number of rotatable bonds is 3. The van der Waals surface area contributed by atoms with E-state index in [2.05, 4.69) is 6.58 Å². The van der Waals surface area contributed by atoms with Crippen molar-refractivity contribution in [1.82, 2.24) is 0 Å². The Labute approximate surface area is 156 Å². The van der Waals surface area contributed by atoms with E-state index in [-0.39, 0.29) is 30.3 Å². The van der Waals surface area contributed by atoms with E-state index in [0.717, 1.165) is 0 Å². The summed E-state index contributed by atoms with van der Waals surface area (Å²) in [5.41, 5.74) is -0.959. The number of ketones is 1. The summed E-state index contributed by atoms with van der Waals surface area (Å²) in [5, 5.41) is 9.09. The number of hydrogen-bond donors (Lipinski definition) is 1. The second-order valence-corrected chi connectivity index (χ2v) is 7.83. The SMILES string of the molecule is C=C1C(=O)O[C@@H]2C[C@H](C)C3=CC(=O)[C@@](C)(C[C@H](OC(=O)[C@H]4O[C@@H]4CO)[C@@H]12)O3. The van der Waals surface area contributed by atoms with E-state index in [9.17, 15) is 14.4 Å². The van der Waals surface area contributed by atoms with Gasteiger partial charge in [-0.15, -0.1) is 0 Å². The average molecular weight is 378 g/mol. The van der Waals surface area contributed by atoms with Crippen LogP contribution < -0.4 is 0 Å². The first-order valence-corrected chi connectivity index (χ1v) is 9.05. The van der Waals surface area contributed by atoms with Crippen LogP contribution in [0, 0.1) is 11.8 Å². The molecule has 8 heteroatoms. The number of carbonyl (C=O) groups excluding carboxylic acids is 3. The van der Waals surface area contributed by atoms with Gasteiger partial charge in [-0.05, 0) is 13.3 Å². The summed E-state index contributed by atoms with van der Waals surface area (Å²) in [4.78, 5) is 37.1. The summed E-state index contributed by atoms with van der Waals surface area (Å²) in [6.45, 7) is 7.09. The Morgan fingerprint density at radius 1 is 1.44 bits per heavy atom. The number of fused-ring (bicyclic) bond motifs is 3. The van der Waals surface area contributed by atoms with E-state index in [1.54, 1.807) is 6.92 Å². The lowest BCUT2D eigenvalue weighted by Crippen LogP contribution is -2.43. The highest BCUT2D eigenvalue weighted by atomic mass is 16.6. The summed E-state index contributed by atoms with van der Waals surface area (Å²) >= 11 is 0. The number of esters is 2. The summed E-state index contributed by atoms with van der Waals surface area (Å²) in [6.07, 6.45) is -0.807. The molecule has 0 saturated carbocycles. The van der Waals surface area contributed by atoms with Crippen molar-refractivity contribution in [3.05, 3.63) is 24.0 Å². The third-order valence-corrected chi connectivity index (χ3v) is 5.79. The highest BCUT2D eigenvalue weighted by Gasteiger charge is 2.55. The maximum Gasteiger partial charge on any atom is 0.338 e. The van der Waals surface area contributed by atoms with E-state index in [1.165, 1.54) is 6.08 Å². The number of aliphatic hydroxyl groups is 1. The van der Waals surface area contributed by atoms with Crippen LogP contribution in [0.1, 0.15) is 26.7 Å². The van der Waals surface area contributed by atoms with E-state index in [0.29, 0.717) is 12.2 Å². The van der Waals surface area contributed by atoms with Crippen LogP contribution in [0.5, 0.6) is 0 Å². The molecule has 1 N–H and O–H groups in total. The molecule has 4 rings (SSSR count). The van der Waals surface area contributed by atoms with E-state index < -0.39 is 47.9 Å². The van der Waals surface area contributed by atoms with Crippen molar-refractivity contribution in [2.45, 2.75) is 56.7 Å². The zero-order valence-electron chi connectivity index (χ0n) is 15.2. The van der Waals surface area contributed by atoms with Gasteiger partial charge in [-0.25, -0.2) is 9.59 Å². The summed E-state index contributed by atoms with van der Waals surface area (Å²) in [5.74, 6) is -1.51. The topological polar surface area (TPSA) is 112 Å². The van der Waals surface area contributed by atoms with E-state index >= 15 is 0 Å². The molecule has 8 nitrogen and oxygen atoms in total. The van der Waals surface area contributed by atoms with Crippen molar-refractivity contribution in [1.29, 1.82) is 0 Å². The lowest BCUT2D eigenvalue weighted by molar-refractivity contribution is -0.159. The van der Waals surface area contributed by atoms with Crippen LogP contribution in [-0.4, -0.2) is 59.5 Å². The molecule has 0 aromatic rings. The van der Waals surface area contributed by atoms with Crippen LogP contribution in [-0.2, 0) is 33.3 Å². The molecule has 7 atom stereocenters. The van der Waals surface area contributed by atoms with Gasteiger partial charge >= 0.3 is 11.9 Å². The molecule has 3 fully saturated rings. The van der Waals surface area contributed by atoms with Gasteiger partial charge in [0, 0.05) is 24.0 Å². The van der Waals surface area contributed by atoms with Crippen LogP contribution in [0.25, 0.3) is 0 Å².